The standard InChI is InChI=1S/C28H19ClN4O2/c29-26-11-5-10-24(32-26)28(35)31-23-9-4-8-20(16-23)27(34)21-12-13-22-18-30-33(25(22)17-21)15-14-19-6-2-1-3-7-19/h1-18H,(H,31,35). The first-order chi connectivity index (χ1) is 17.1. The quantitative estimate of drug-likeness (QED) is 0.233. The summed E-state index contributed by atoms with van der Waals surface area (Å²) in [5.41, 5.74) is 3.52. The number of amides is 1. The Labute approximate surface area is 206 Å². The molecule has 6 nitrogen and oxygen atoms in total. The van der Waals surface area contributed by atoms with Gasteiger partial charge in [0, 0.05) is 28.4 Å². The van der Waals surface area contributed by atoms with Gasteiger partial charge in [-0.1, -0.05) is 72.3 Å². The molecule has 5 rings (SSSR count). The van der Waals surface area contributed by atoms with Crippen molar-refractivity contribution in [3.63, 3.8) is 0 Å². The van der Waals surface area contributed by atoms with E-state index in [1.165, 1.54) is 0 Å². The van der Waals surface area contributed by atoms with E-state index in [4.69, 9.17) is 11.6 Å². The van der Waals surface area contributed by atoms with E-state index in [9.17, 15) is 9.59 Å². The van der Waals surface area contributed by atoms with Crippen molar-refractivity contribution in [2.45, 2.75) is 0 Å². The molecule has 0 aliphatic carbocycles. The monoisotopic (exact) mass is 478 g/mol. The zero-order chi connectivity index (χ0) is 24.2. The fraction of sp³-hybridized carbons (Fsp3) is 0. The Balaban J connectivity index is 1.39. The first-order valence-electron chi connectivity index (χ1n) is 10.9. The van der Waals surface area contributed by atoms with Gasteiger partial charge in [0.25, 0.3) is 5.91 Å². The molecule has 5 aromatic rings. The summed E-state index contributed by atoms with van der Waals surface area (Å²) in [5, 5.41) is 8.34. The van der Waals surface area contributed by atoms with Crippen molar-refractivity contribution in [3.05, 3.63) is 125 Å². The van der Waals surface area contributed by atoms with E-state index < -0.39 is 5.91 Å². The van der Waals surface area contributed by atoms with E-state index >= 15 is 0 Å². The molecule has 1 N–H and O–H groups in total. The van der Waals surface area contributed by atoms with E-state index in [1.807, 2.05) is 54.7 Å². The minimum Gasteiger partial charge on any atom is -0.321 e. The maximum Gasteiger partial charge on any atom is 0.274 e. The van der Waals surface area contributed by atoms with Crippen molar-refractivity contribution in [3.8, 4) is 0 Å². The molecule has 2 heterocycles. The molecule has 0 radical (unpaired) electrons. The Morgan fingerprint density at radius 1 is 0.857 bits per heavy atom. The largest absolute Gasteiger partial charge is 0.321 e. The summed E-state index contributed by atoms with van der Waals surface area (Å²) in [6.45, 7) is 0. The molecule has 35 heavy (non-hydrogen) atoms. The Kier molecular flexibility index (Phi) is 6.20. The predicted molar refractivity (Wildman–Crippen MR) is 138 cm³/mol. The molecule has 170 valence electrons. The maximum absolute atomic E-state index is 13.3. The van der Waals surface area contributed by atoms with Crippen LogP contribution in [0.1, 0.15) is 32.0 Å². The van der Waals surface area contributed by atoms with Crippen LogP contribution >= 0.6 is 11.6 Å². The van der Waals surface area contributed by atoms with Crippen LogP contribution in [-0.4, -0.2) is 26.5 Å². The van der Waals surface area contributed by atoms with E-state index in [0.29, 0.717) is 16.8 Å². The van der Waals surface area contributed by atoms with E-state index in [1.54, 1.807) is 59.4 Å². The van der Waals surface area contributed by atoms with Crippen LogP contribution in [0.5, 0.6) is 0 Å². The number of nitrogens with zero attached hydrogens (tertiary/aromatic N) is 3. The summed E-state index contributed by atoms with van der Waals surface area (Å²) < 4.78 is 1.74. The van der Waals surface area contributed by atoms with E-state index in [0.717, 1.165) is 16.5 Å². The lowest BCUT2D eigenvalue weighted by Crippen LogP contribution is -2.14. The van der Waals surface area contributed by atoms with Gasteiger partial charge in [0.15, 0.2) is 5.78 Å². The highest BCUT2D eigenvalue weighted by Crippen LogP contribution is 2.21. The zero-order valence-electron chi connectivity index (χ0n) is 18.4. The molecule has 0 spiro atoms. The van der Waals surface area contributed by atoms with Gasteiger partial charge in [0.2, 0.25) is 0 Å². The Hall–Kier alpha value is -4.55. The molecular weight excluding hydrogens is 460 g/mol. The molecule has 0 aliphatic rings. The number of benzene rings is 3. The summed E-state index contributed by atoms with van der Waals surface area (Å²) >= 11 is 5.88. The zero-order valence-corrected chi connectivity index (χ0v) is 19.2. The van der Waals surface area contributed by atoms with Gasteiger partial charge in [-0.3, -0.25) is 9.59 Å². The van der Waals surface area contributed by atoms with Crippen LogP contribution < -0.4 is 5.32 Å². The summed E-state index contributed by atoms with van der Waals surface area (Å²) in [5.74, 6) is -0.573. The minimum atomic E-state index is -0.410. The fourth-order valence-corrected chi connectivity index (χ4v) is 3.82. The van der Waals surface area contributed by atoms with Crippen molar-refractivity contribution in [1.82, 2.24) is 14.8 Å². The number of rotatable bonds is 6. The van der Waals surface area contributed by atoms with Gasteiger partial charge in [-0.25, -0.2) is 9.67 Å². The Morgan fingerprint density at radius 3 is 2.49 bits per heavy atom. The number of carbonyl (C=O) groups is 2. The third kappa shape index (κ3) is 5.03. The summed E-state index contributed by atoms with van der Waals surface area (Å²) in [7, 11) is 0. The van der Waals surface area contributed by atoms with Gasteiger partial charge in [0.05, 0.1) is 11.7 Å². The molecule has 1 amide bonds. The highest BCUT2D eigenvalue weighted by atomic mass is 35.5. The molecule has 3 aromatic carbocycles. The number of ketones is 1. The molecule has 7 heteroatoms. The topological polar surface area (TPSA) is 76.9 Å². The van der Waals surface area contributed by atoms with Crippen molar-refractivity contribution < 1.29 is 9.59 Å². The third-order valence-electron chi connectivity index (χ3n) is 5.40. The normalized spacial score (nSPS) is 11.1. The summed E-state index contributed by atoms with van der Waals surface area (Å²) in [6.07, 6.45) is 5.59. The number of aromatic nitrogens is 3. The van der Waals surface area contributed by atoms with Crippen molar-refractivity contribution in [2.24, 2.45) is 0 Å². The van der Waals surface area contributed by atoms with Gasteiger partial charge in [-0.05, 0) is 42.0 Å². The van der Waals surface area contributed by atoms with Gasteiger partial charge in [-0.2, -0.15) is 5.10 Å². The molecule has 0 atom stereocenters. The number of anilines is 1. The Morgan fingerprint density at radius 2 is 1.66 bits per heavy atom. The highest BCUT2D eigenvalue weighted by Gasteiger charge is 2.14. The van der Waals surface area contributed by atoms with Crippen LogP contribution in [0.15, 0.2) is 97.2 Å². The van der Waals surface area contributed by atoms with E-state index in [-0.39, 0.29) is 16.6 Å². The summed E-state index contributed by atoms with van der Waals surface area (Å²) in [6, 6.07) is 27.0. The smallest absolute Gasteiger partial charge is 0.274 e. The van der Waals surface area contributed by atoms with Crippen LogP contribution in [0.3, 0.4) is 0 Å². The molecule has 0 unspecified atom stereocenters. The number of hydrogen-bond acceptors (Lipinski definition) is 4. The number of fused-ring (bicyclic) bond motifs is 1. The van der Waals surface area contributed by atoms with Crippen LogP contribution in [-0.2, 0) is 0 Å². The third-order valence-corrected chi connectivity index (χ3v) is 5.61. The molecule has 2 aromatic heterocycles. The fourth-order valence-electron chi connectivity index (χ4n) is 3.65. The first-order valence-corrected chi connectivity index (χ1v) is 11.2. The van der Waals surface area contributed by atoms with Gasteiger partial charge in [-0.15, -0.1) is 0 Å². The Bertz CT molecular complexity index is 1570. The number of halogens is 1. The first kappa shape index (κ1) is 22.3. The van der Waals surface area contributed by atoms with Gasteiger partial charge >= 0.3 is 0 Å². The number of nitrogens with one attached hydrogen (secondary N) is 1. The van der Waals surface area contributed by atoms with Crippen molar-refractivity contribution in [2.75, 3.05) is 5.32 Å². The van der Waals surface area contributed by atoms with Crippen LogP contribution in [0.2, 0.25) is 5.15 Å². The number of hydrogen-bond donors (Lipinski definition) is 1. The average molecular weight is 479 g/mol. The SMILES string of the molecule is O=C(c1cccc(NC(=O)c2cccc(Cl)n2)c1)c1ccc2cnn(C=Cc3ccccc3)c2c1. The molecule has 0 aliphatic heterocycles. The van der Waals surface area contributed by atoms with Crippen LogP contribution in [0.4, 0.5) is 5.69 Å². The average Bonchev–Trinajstić information content (AvgIpc) is 3.30. The van der Waals surface area contributed by atoms with Crippen molar-refractivity contribution in [1.29, 1.82) is 0 Å². The lowest BCUT2D eigenvalue weighted by molar-refractivity contribution is 0.101. The summed E-state index contributed by atoms with van der Waals surface area (Å²) in [4.78, 5) is 29.8. The maximum atomic E-state index is 13.3. The molecule has 0 saturated carbocycles. The molecule has 0 saturated heterocycles. The molecule has 0 bridgehead atoms. The lowest BCUT2D eigenvalue weighted by atomic mass is 10.0. The minimum absolute atomic E-state index is 0.163. The van der Waals surface area contributed by atoms with Crippen molar-refractivity contribution >= 4 is 52.2 Å². The van der Waals surface area contributed by atoms with E-state index in [2.05, 4.69) is 15.4 Å². The predicted octanol–water partition coefficient (Wildman–Crippen LogP) is 6.20. The number of pyridine rings is 1. The molecular formula is C28H19ClN4O2. The number of carbonyl (C=O) groups excluding carboxylic acids is 2. The van der Waals surface area contributed by atoms with Gasteiger partial charge in [0.1, 0.15) is 10.8 Å². The molecule has 0 fully saturated rings. The second kappa shape index (κ2) is 9.75. The second-order valence-electron chi connectivity index (χ2n) is 7.80. The van der Waals surface area contributed by atoms with Crippen LogP contribution in [0.25, 0.3) is 23.2 Å². The second-order valence-corrected chi connectivity index (χ2v) is 8.19. The van der Waals surface area contributed by atoms with Crippen LogP contribution in [0, 0.1) is 0 Å². The highest BCUT2D eigenvalue weighted by molar-refractivity contribution is 6.29. The van der Waals surface area contributed by atoms with Gasteiger partial charge < -0.3 is 5.32 Å². The lowest BCUT2D eigenvalue weighted by Gasteiger charge is -2.08.